The Balaban J connectivity index is 2.20. The second-order valence-electron chi connectivity index (χ2n) is 4.91. The van der Waals surface area contributed by atoms with Crippen LogP contribution in [-0.4, -0.2) is 20.8 Å². The van der Waals surface area contributed by atoms with Crippen molar-refractivity contribution in [3.63, 3.8) is 0 Å². The summed E-state index contributed by atoms with van der Waals surface area (Å²) in [6.07, 6.45) is 0. The first-order valence-corrected chi connectivity index (χ1v) is 6.55. The number of fused-ring (bicyclic) bond motifs is 3. The van der Waals surface area contributed by atoms with Crippen LogP contribution in [0.3, 0.4) is 0 Å². The predicted molar refractivity (Wildman–Crippen MR) is 76.3 cm³/mol. The van der Waals surface area contributed by atoms with E-state index in [0.29, 0.717) is 12.5 Å². The first kappa shape index (κ1) is 12.4. The molecule has 0 radical (unpaired) electrons. The van der Waals surface area contributed by atoms with Crippen molar-refractivity contribution in [3.8, 4) is 11.1 Å². The van der Waals surface area contributed by atoms with E-state index >= 15 is 0 Å². The van der Waals surface area contributed by atoms with Crippen molar-refractivity contribution in [2.45, 2.75) is 12.5 Å². The van der Waals surface area contributed by atoms with Gasteiger partial charge < -0.3 is 9.47 Å². The number of hydrogen-bond acceptors (Lipinski definition) is 2. The van der Waals surface area contributed by atoms with Gasteiger partial charge in [0, 0.05) is 20.1 Å². The number of hydrogen-bond donors (Lipinski definition) is 0. The Kier molecular flexibility index (Phi) is 3.36. The van der Waals surface area contributed by atoms with E-state index < -0.39 is 0 Å². The summed E-state index contributed by atoms with van der Waals surface area (Å²) in [5.41, 5.74) is 6.64. The molecule has 19 heavy (non-hydrogen) atoms. The Hall–Kier alpha value is -1.64. The number of rotatable bonds is 4. The molecule has 2 aromatic carbocycles. The minimum atomic E-state index is 0.341. The fraction of sp³-hybridized carbons (Fsp3) is 0.294. The van der Waals surface area contributed by atoms with Gasteiger partial charge in [-0.15, -0.1) is 0 Å². The van der Waals surface area contributed by atoms with Gasteiger partial charge in [-0.05, 0) is 27.8 Å². The van der Waals surface area contributed by atoms with Crippen LogP contribution in [0.5, 0.6) is 0 Å². The van der Waals surface area contributed by atoms with Crippen LogP contribution in [-0.2, 0) is 16.1 Å². The predicted octanol–water partition coefficient (Wildman–Crippen LogP) is 3.59. The molecule has 1 atom stereocenters. The van der Waals surface area contributed by atoms with Crippen molar-refractivity contribution in [1.29, 1.82) is 0 Å². The topological polar surface area (TPSA) is 18.5 Å². The summed E-state index contributed by atoms with van der Waals surface area (Å²) in [6, 6.07) is 15.1. The molecule has 1 unspecified atom stereocenters. The molecule has 3 rings (SSSR count). The molecule has 2 heteroatoms. The average molecular weight is 254 g/mol. The van der Waals surface area contributed by atoms with Gasteiger partial charge in [-0.3, -0.25) is 0 Å². The maximum absolute atomic E-state index is 5.41. The van der Waals surface area contributed by atoms with Crippen molar-refractivity contribution in [3.05, 3.63) is 59.2 Å². The van der Waals surface area contributed by atoms with Crippen LogP contribution in [0, 0.1) is 0 Å². The zero-order chi connectivity index (χ0) is 13.2. The van der Waals surface area contributed by atoms with Gasteiger partial charge in [-0.25, -0.2) is 0 Å². The summed E-state index contributed by atoms with van der Waals surface area (Å²) in [5.74, 6) is 0.341. The smallest absolute Gasteiger partial charge is 0.0719 e. The van der Waals surface area contributed by atoms with Crippen LogP contribution in [0.2, 0.25) is 0 Å². The van der Waals surface area contributed by atoms with E-state index in [-0.39, 0.29) is 0 Å². The molecule has 1 aliphatic carbocycles. The van der Waals surface area contributed by atoms with Gasteiger partial charge in [0.25, 0.3) is 0 Å². The van der Waals surface area contributed by atoms with Gasteiger partial charge in [-0.2, -0.15) is 0 Å². The summed E-state index contributed by atoms with van der Waals surface area (Å²) in [4.78, 5) is 0. The lowest BCUT2D eigenvalue weighted by atomic mass is 9.97. The van der Waals surface area contributed by atoms with Crippen molar-refractivity contribution < 1.29 is 9.47 Å². The van der Waals surface area contributed by atoms with Gasteiger partial charge in [0.15, 0.2) is 0 Å². The van der Waals surface area contributed by atoms with Crippen molar-refractivity contribution in [2.24, 2.45) is 0 Å². The van der Waals surface area contributed by atoms with E-state index in [2.05, 4.69) is 42.5 Å². The number of methoxy groups -OCH3 is 2. The summed E-state index contributed by atoms with van der Waals surface area (Å²) < 4.78 is 10.7. The monoisotopic (exact) mass is 254 g/mol. The molecular formula is C17H18O2. The number of benzene rings is 2. The first-order valence-electron chi connectivity index (χ1n) is 6.55. The fourth-order valence-electron chi connectivity index (χ4n) is 3.06. The normalized spacial score (nSPS) is 16.2. The number of ether oxygens (including phenoxy) is 2. The van der Waals surface area contributed by atoms with E-state index in [1.807, 2.05) is 0 Å². The first-order chi connectivity index (χ1) is 9.36. The molecule has 0 bridgehead atoms. The summed E-state index contributed by atoms with van der Waals surface area (Å²) in [5, 5.41) is 0. The van der Waals surface area contributed by atoms with E-state index in [1.165, 1.54) is 27.8 Å². The van der Waals surface area contributed by atoms with Gasteiger partial charge in [0.05, 0.1) is 13.2 Å². The maximum atomic E-state index is 5.41. The highest BCUT2D eigenvalue weighted by atomic mass is 16.5. The van der Waals surface area contributed by atoms with Crippen LogP contribution < -0.4 is 0 Å². The molecule has 1 aliphatic rings. The molecule has 0 fully saturated rings. The highest BCUT2D eigenvalue weighted by molar-refractivity contribution is 5.81. The van der Waals surface area contributed by atoms with Crippen molar-refractivity contribution in [2.75, 3.05) is 20.8 Å². The Morgan fingerprint density at radius 2 is 1.68 bits per heavy atom. The molecule has 0 spiro atoms. The Morgan fingerprint density at radius 1 is 0.895 bits per heavy atom. The maximum Gasteiger partial charge on any atom is 0.0719 e. The van der Waals surface area contributed by atoms with Crippen LogP contribution in [0.15, 0.2) is 42.5 Å². The van der Waals surface area contributed by atoms with E-state index in [4.69, 9.17) is 9.47 Å². The van der Waals surface area contributed by atoms with Crippen LogP contribution in [0.4, 0.5) is 0 Å². The van der Waals surface area contributed by atoms with Gasteiger partial charge in [0.1, 0.15) is 0 Å². The molecule has 0 aliphatic heterocycles. The molecule has 2 nitrogen and oxygen atoms in total. The van der Waals surface area contributed by atoms with Gasteiger partial charge >= 0.3 is 0 Å². The molecule has 0 saturated heterocycles. The molecule has 0 aromatic heterocycles. The highest BCUT2D eigenvalue weighted by Gasteiger charge is 2.29. The summed E-state index contributed by atoms with van der Waals surface area (Å²) >= 11 is 0. The molecule has 2 aromatic rings. The lowest BCUT2D eigenvalue weighted by Crippen LogP contribution is -2.04. The summed E-state index contributed by atoms with van der Waals surface area (Å²) in [7, 11) is 3.51. The van der Waals surface area contributed by atoms with Crippen LogP contribution >= 0.6 is 0 Å². The Morgan fingerprint density at radius 3 is 2.47 bits per heavy atom. The van der Waals surface area contributed by atoms with Crippen molar-refractivity contribution >= 4 is 0 Å². The SMILES string of the molecule is COCc1cccc2c1-c1ccccc1C2COC. The quantitative estimate of drug-likeness (QED) is 0.830. The zero-order valence-corrected chi connectivity index (χ0v) is 11.3. The fourth-order valence-corrected chi connectivity index (χ4v) is 3.06. The third-order valence-electron chi connectivity index (χ3n) is 3.80. The van der Waals surface area contributed by atoms with E-state index in [9.17, 15) is 0 Å². The molecular weight excluding hydrogens is 236 g/mol. The summed E-state index contributed by atoms with van der Waals surface area (Å²) in [6.45, 7) is 1.37. The van der Waals surface area contributed by atoms with Crippen LogP contribution in [0.1, 0.15) is 22.6 Å². The second-order valence-corrected chi connectivity index (χ2v) is 4.91. The molecule has 98 valence electrons. The van der Waals surface area contributed by atoms with Gasteiger partial charge in [0.2, 0.25) is 0 Å². The lowest BCUT2D eigenvalue weighted by molar-refractivity contribution is 0.184. The molecule has 0 heterocycles. The lowest BCUT2D eigenvalue weighted by Gasteiger charge is -2.12. The van der Waals surface area contributed by atoms with E-state index in [1.54, 1.807) is 14.2 Å². The largest absolute Gasteiger partial charge is 0.384 e. The molecule has 0 saturated carbocycles. The average Bonchev–Trinajstić information content (AvgIpc) is 2.76. The highest BCUT2D eigenvalue weighted by Crippen LogP contribution is 2.46. The Bertz CT molecular complexity index is 590. The minimum Gasteiger partial charge on any atom is -0.384 e. The minimum absolute atomic E-state index is 0.341. The standard InChI is InChI=1S/C17H18O2/c1-18-10-12-6-5-9-15-16(11-19-2)13-7-3-4-8-14(13)17(12)15/h3-9,16H,10-11H2,1-2H3. The third-order valence-corrected chi connectivity index (χ3v) is 3.80. The zero-order valence-electron chi connectivity index (χ0n) is 11.3. The van der Waals surface area contributed by atoms with Crippen LogP contribution in [0.25, 0.3) is 11.1 Å². The van der Waals surface area contributed by atoms with E-state index in [0.717, 1.165) is 6.61 Å². The van der Waals surface area contributed by atoms with Gasteiger partial charge in [-0.1, -0.05) is 42.5 Å². The van der Waals surface area contributed by atoms with Crippen molar-refractivity contribution in [1.82, 2.24) is 0 Å². The molecule has 0 N–H and O–H groups in total. The second kappa shape index (κ2) is 5.16. The Labute approximate surface area is 114 Å². The third kappa shape index (κ3) is 1.97. The molecule has 0 amide bonds.